The van der Waals surface area contributed by atoms with E-state index in [0.717, 1.165) is 18.4 Å². The quantitative estimate of drug-likeness (QED) is 0.623. The van der Waals surface area contributed by atoms with Gasteiger partial charge in [0.2, 0.25) is 0 Å². The minimum Gasteiger partial charge on any atom is -0.462 e. The lowest BCUT2D eigenvalue weighted by molar-refractivity contribution is 0.0527. The fourth-order valence-electron chi connectivity index (χ4n) is 1.52. The molecule has 0 saturated heterocycles. The van der Waals surface area contributed by atoms with Gasteiger partial charge in [-0.25, -0.2) is 9.59 Å². The van der Waals surface area contributed by atoms with Crippen molar-refractivity contribution in [2.24, 2.45) is 0 Å². The molecule has 106 valence electrons. The summed E-state index contributed by atoms with van der Waals surface area (Å²) in [4.78, 5) is 23.5. The maximum absolute atomic E-state index is 11.8. The lowest BCUT2D eigenvalue weighted by Gasteiger charge is -2.08. The Balaban J connectivity index is 2.68. The van der Waals surface area contributed by atoms with Crippen LogP contribution >= 0.6 is 11.3 Å². The molecule has 0 saturated carbocycles. The zero-order valence-corrected chi connectivity index (χ0v) is 12.4. The monoisotopic (exact) mass is 284 g/mol. The Kier molecular flexibility index (Phi) is 6.35. The summed E-state index contributed by atoms with van der Waals surface area (Å²) in [6.45, 7) is 6.58. The largest absolute Gasteiger partial charge is 0.462 e. The lowest BCUT2D eigenvalue weighted by Crippen LogP contribution is -2.29. The van der Waals surface area contributed by atoms with E-state index in [4.69, 9.17) is 4.74 Å². The highest BCUT2D eigenvalue weighted by molar-refractivity contribution is 7.15. The number of esters is 1. The van der Waals surface area contributed by atoms with Crippen molar-refractivity contribution in [3.63, 3.8) is 0 Å². The van der Waals surface area contributed by atoms with Gasteiger partial charge in [0, 0.05) is 6.54 Å². The molecule has 0 atom stereocenters. The Morgan fingerprint density at radius 1 is 1.37 bits per heavy atom. The maximum Gasteiger partial charge on any atom is 0.341 e. The molecule has 0 fully saturated rings. The van der Waals surface area contributed by atoms with Crippen molar-refractivity contribution in [1.29, 1.82) is 0 Å². The molecule has 0 bridgehead atoms. The van der Waals surface area contributed by atoms with Crippen LogP contribution in [0.5, 0.6) is 0 Å². The molecule has 2 amide bonds. The van der Waals surface area contributed by atoms with Crippen LogP contribution in [0.4, 0.5) is 9.80 Å². The highest BCUT2D eigenvalue weighted by Gasteiger charge is 2.19. The van der Waals surface area contributed by atoms with Gasteiger partial charge in [0.15, 0.2) is 0 Å². The first-order valence-corrected chi connectivity index (χ1v) is 7.28. The van der Waals surface area contributed by atoms with Gasteiger partial charge in [-0.1, -0.05) is 13.3 Å². The Morgan fingerprint density at radius 2 is 2.11 bits per heavy atom. The highest BCUT2D eigenvalue weighted by atomic mass is 32.1. The molecular weight excluding hydrogens is 264 g/mol. The van der Waals surface area contributed by atoms with E-state index >= 15 is 0 Å². The van der Waals surface area contributed by atoms with Gasteiger partial charge >= 0.3 is 12.0 Å². The number of unbranched alkanes of at least 4 members (excludes halogenated alkanes) is 1. The molecular formula is C13H20N2O3S. The Labute approximate surface area is 117 Å². The summed E-state index contributed by atoms with van der Waals surface area (Å²) in [5.74, 6) is -0.398. The summed E-state index contributed by atoms with van der Waals surface area (Å²) in [5, 5.41) is 7.80. The van der Waals surface area contributed by atoms with Gasteiger partial charge in [-0.3, -0.25) is 5.32 Å². The Hall–Kier alpha value is -1.56. The first-order valence-electron chi connectivity index (χ1n) is 6.40. The molecule has 0 spiro atoms. The van der Waals surface area contributed by atoms with Gasteiger partial charge in [-0.2, -0.15) is 0 Å². The average molecular weight is 284 g/mol. The van der Waals surface area contributed by atoms with Gasteiger partial charge in [-0.15, -0.1) is 11.3 Å². The molecule has 6 heteroatoms. The molecule has 1 aromatic rings. The fourth-order valence-corrected chi connectivity index (χ4v) is 2.45. The van der Waals surface area contributed by atoms with Crippen LogP contribution in [0.25, 0.3) is 0 Å². The summed E-state index contributed by atoms with van der Waals surface area (Å²) in [6.07, 6.45) is 1.95. The number of rotatable bonds is 6. The van der Waals surface area contributed by atoms with Crippen LogP contribution in [-0.2, 0) is 4.74 Å². The molecule has 0 aliphatic carbocycles. The molecule has 0 aliphatic heterocycles. The van der Waals surface area contributed by atoms with Gasteiger partial charge < -0.3 is 10.1 Å². The van der Waals surface area contributed by atoms with Gasteiger partial charge in [0.25, 0.3) is 0 Å². The van der Waals surface area contributed by atoms with Crippen molar-refractivity contribution in [3.8, 4) is 0 Å². The number of carbonyl (C=O) groups is 2. The number of hydrogen-bond acceptors (Lipinski definition) is 4. The summed E-state index contributed by atoms with van der Waals surface area (Å²) in [7, 11) is 0. The van der Waals surface area contributed by atoms with Crippen LogP contribution in [0.2, 0.25) is 0 Å². The van der Waals surface area contributed by atoms with Gasteiger partial charge in [0.1, 0.15) is 5.00 Å². The molecule has 1 heterocycles. The minimum atomic E-state index is -0.398. The van der Waals surface area contributed by atoms with Crippen molar-refractivity contribution in [3.05, 3.63) is 16.5 Å². The first-order chi connectivity index (χ1) is 9.10. The number of hydrogen-bond donors (Lipinski definition) is 2. The van der Waals surface area contributed by atoms with Gasteiger partial charge in [0.05, 0.1) is 12.2 Å². The molecule has 0 aromatic carbocycles. The normalized spacial score (nSPS) is 10.1. The van der Waals surface area contributed by atoms with Crippen molar-refractivity contribution < 1.29 is 14.3 Å². The standard InChI is InChI=1S/C13H20N2O3S/c1-4-6-7-14-13(17)15-11-10(9(3)8-19-11)12(16)18-5-2/h8H,4-7H2,1-3H3,(H2,14,15,17). The number of carbonyl (C=O) groups excluding carboxylic acids is 2. The summed E-state index contributed by atoms with van der Waals surface area (Å²) >= 11 is 1.33. The molecule has 0 aliphatic rings. The van der Waals surface area contributed by atoms with E-state index in [1.165, 1.54) is 11.3 Å². The SMILES string of the molecule is CCCCNC(=O)Nc1scc(C)c1C(=O)OCC. The van der Waals surface area contributed by atoms with Crippen LogP contribution in [0.15, 0.2) is 5.38 Å². The van der Waals surface area contributed by atoms with Crippen molar-refractivity contribution >= 4 is 28.3 Å². The lowest BCUT2D eigenvalue weighted by atomic mass is 10.2. The predicted octanol–water partition coefficient (Wildman–Crippen LogP) is 3.15. The second-order valence-electron chi connectivity index (χ2n) is 4.08. The van der Waals surface area contributed by atoms with E-state index in [9.17, 15) is 9.59 Å². The van der Waals surface area contributed by atoms with E-state index in [2.05, 4.69) is 17.6 Å². The van der Waals surface area contributed by atoms with E-state index in [0.29, 0.717) is 23.7 Å². The maximum atomic E-state index is 11.8. The smallest absolute Gasteiger partial charge is 0.341 e. The van der Waals surface area contributed by atoms with Crippen LogP contribution in [0.1, 0.15) is 42.6 Å². The van der Waals surface area contributed by atoms with Crippen LogP contribution < -0.4 is 10.6 Å². The third-order valence-electron chi connectivity index (χ3n) is 2.50. The first kappa shape index (κ1) is 15.5. The molecule has 0 unspecified atom stereocenters. The average Bonchev–Trinajstić information content (AvgIpc) is 2.71. The summed E-state index contributed by atoms with van der Waals surface area (Å²) < 4.78 is 4.98. The van der Waals surface area contributed by atoms with Crippen LogP contribution in [-0.4, -0.2) is 25.2 Å². The third kappa shape index (κ3) is 4.55. The number of aryl methyl sites for hydroxylation is 1. The fraction of sp³-hybridized carbons (Fsp3) is 0.538. The van der Waals surface area contributed by atoms with Gasteiger partial charge in [-0.05, 0) is 31.2 Å². The van der Waals surface area contributed by atoms with Crippen LogP contribution in [0.3, 0.4) is 0 Å². The number of thiophene rings is 1. The second kappa shape index (κ2) is 7.78. The molecule has 2 N–H and O–H groups in total. The molecule has 1 rings (SSSR count). The number of ether oxygens (including phenoxy) is 1. The van der Waals surface area contributed by atoms with Crippen LogP contribution in [0, 0.1) is 6.92 Å². The number of nitrogens with one attached hydrogen (secondary N) is 2. The molecule has 5 nitrogen and oxygen atoms in total. The number of urea groups is 1. The third-order valence-corrected chi connectivity index (χ3v) is 3.51. The predicted molar refractivity (Wildman–Crippen MR) is 76.9 cm³/mol. The van der Waals surface area contributed by atoms with E-state index in [1.54, 1.807) is 6.92 Å². The highest BCUT2D eigenvalue weighted by Crippen LogP contribution is 2.28. The number of anilines is 1. The van der Waals surface area contributed by atoms with E-state index in [1.807, 2.05) is 12.3 Å². The molecule has 19 heavy (non-hydrogen) atoms. The second-order valence-corrected chi connectivity index (χ2v) is 4.96. The number of amides is 2. The Morgan fingerprint density at radius 3 is 2.74 bits per heavy atom. The summed E-state index contributed by atoms with van der Waals surface area (Å²) in [5.41, 5.74) is 1.25. The van der Waals surface area contributed by atoms with Crippen molar-refractivity contribution in [2.75, 3.05) is 18.5 Å². The zero-order valence-electron chi connectivity index (χ0n) is 11.5. The van der Waals surface area contributed by atoms with Crippen molar-refractivity contribution in [2.45, 2.75) is 33.6 Å². The van der Waals surface area contributed by atoms with E-state index in [-0.39, 0.29) is 6.03 Å². The summed E-state index contributed by atoms with van der Waals surface area (Å²) in [6, 6.07) is -0.291. The zero-order chi connectivity index (χ0) is 14.3. The molecule has 0 radical (unpaired) electrons. The van der Waals surface area contributed by atoms with E-state index < -0.39 is 5.97 Å². The minimum absolute atomic E-state index is 0.291. The van der Waals surface area contributed by atoms with Crippen molar-refractivity contribution in [1.82, 2.24) is 5.32 Å². The topological polar surface area (TPSA) is 67.4 Å². The molecule has 1 aromatic heterocycles. The Bertz CT molecular complexity index is 443.